The number of nitrogens with one attached hydrogen (secondary N) is 10. The maximum Gasteiger partial charge on any atom is 0.254 e. The summed E-state index contributed by atoms with van der Waals surface area (Å²) in [5.74, 6) is 2.01. The summed E-state index contributed by atoms with van der Waals surface area (Å²) in [6, 6.07) is 64.4. The summed E-state index contributed by atoms with van der Waals surface area (Å²) >= 11 is 11.9. The van der Waals surface area contributed by atoms with E-state index in [9.17, 15) is 24.0 Å². The highest BCUT2D eigenvalue weighted by Crippen LogP contribution is 2.29. The second-order valence-electron chi connectivity index (χ2n) is 27.8. The van der Waals surface area contributed by atoms with Crippen molar-refractivity contribution in [3.05, 3.63) is 267 Å². The molecule has 582 valence electrons. The summed E-state index contributed by atoms with van der Waals surface area (Å²) in [4.78, 5) is 69.6. The molecule has 5 saturated heterocycles. The summed E-state index contributed by atoms with van der Waals surface area (Å²) < 4.78 is 23.9. The number of halogens is 2. The van der Waals surface area contributed by atoms with E-state index in [0.29, 0.717) is 125 Å². The Hall–Kier alpha value is -11.9. The molecule has 9 aromatic carbocycles. The Morgan fingerprint density at radius 1 is 0.429 bits per heavy atom. The van der Waals surface area contributed by atoms with Crippen molar-refractivity contribution < 1.29 is 42.9 Å². The van der Waals surface area contributed by atoms with Crippen LogP contribution in [0, 0.1) is 21.6 Å². The molecule has 5 fully saturated rings. The Balaban J connectivity index is 0.000000149. The molecule has 26 nitrogen and oxygen atoms in total. The minimum Gasteiger partial charge on any atom is -0.489 e. The molecule has 0 spiro atoms. The van der Waals surface area contributed by atoms with E-state index in [1.807, 2.05) is 77.7 Å². The third kappa shape index (κ3) is 23.3. The van der Waals surface area contributed by atoms with Crippen LogP contribution >= 0.6 is 23.2 Å². The number of piperazine rings is 1. The number of ether oxygens (including phenoxy) is 4. The minimum absolute atomic E-state index is 0.00160. The van der Waals surface area contributed by atoms with Gasteiger partial charge in [-0.1, -0.05) is 138 Å². The number of carbonyl (C=O) groups is 5. The summed E-state index contributed by atoms with van der Waals surface area (Å²) in [5, 5.41) is 52.2. The van der Waals surface area contributed by atoms with Crippen LogP contribution in [-0.2, 0) is 32.3 Å². The first-order chi connectivity index (χ1) is 54.0. The Kier molecular flexibility index (Phi) is 28.3. The number of anilines is 1. The maximum atomic E-state index is 13.2. The minimum atomic E-state index is -0.714. The number of nitrogens with two attached hydrogens (primary N) is 4. The van der Waals surface area contributed by atoms with Crippen LogP contribution in [0.2, 0.25) is 10.0 Å². The molecule has 5 heterocycles. The number of likely N-dealkylation sites (N-methyl/N-ethyl adjacent to an activating group) is 1. The van der Waals surface area contributed by atoms with Crippen molar-refractivity contribution >= 4 is 92.5 Å². The van der Waals surface area contributed by atoms with E-state index in [1.54, 1.807) is 126 Å². The number of carbonyl (C=O) groups excluding carboxylic acids is 5. The molecule has 0 unspecified atom stereocenters. The maximum absolute atomic E-state index is 13.2. The Bertz CT molecular complexity index is 4820. The smallest absolute Gasteiger partial charge is 0.254 e. The summed E-state index contributed by atoms with van der Waals surface area (Å²) in [6.07, 6.45) is 1.49. The monoisotopic (exact) mass is 1550 g/mol. The lowest BCUT2D eigenvalue weighted by molar-refractivity contribution is -0.134. The Labute approximate surface area is 660 Å². The first-order valence-corrected chi connectivity index (χ1v) is 37.6. The largest absolute Gasteiger partial charge is 0.489 e. The Morgan fingerprint density at radius 2 is 0.857 bits per heavy atom. The van der Waals surface area contributed by atoms with Crippen molar-refractivity contribution in [1.29, 1.82) is 21.6 Å². The average Bonchev–Trinajstić information content (AvgIpc) is 1.62. The van der Waals surface area contributed by atoms with E-state index in [0.717, 1.165) is 37.3 Å². The molecular formula is C84H93Cl2N17O9. The van der Waals surface area contributed by atoms with E-state index < -0.39 is 12.1 Å². The van der Waals surface area contributed by atoms with Crippen LogP contribution in [-0.4, -0.2) is 176 Å². The second-order valence-corrected chi connectivity index (χ2v) is 28.6. The van der Waals surface area contributed by atoms with Crippen molar-refractivity contribution in [3.8, 4) is 23.0 Å². The van der Waals surface area contributed by atoms with Gasteiger partial charge in [0.15, 0.2) is 0 Å². The fourth-order valence-corrected chi connectivity index (χ4v) is 13.8. The van der Waals surface area contributed by atoms with Crippen molar-refractivity contribution in [1.82, 2.24) is 41.3 Å². The van der Waals surface area contributed by atoms with Gasteiger partial charge in [0.2, 0.25) is 23.6 Å². The first-order valence-electron chi connectivity index (χ1n) is 36.8. The molecule has 0 radical (unpaired) electrons. The van der Waals surface area contributed by atoms with Gasteiger partial charge in [-0.2, -0.15) is 0 Å². The fraction of sp³-hybridized carbons (Fsp3) is 0.274. The molecule has 0 aliphatic carbocycles. The molecule has 9 aromatic rings. The number of hydrogen-bond donors (Lipinski definition) is 14. The lowest BCUT2D eigenvalue weighted by Gasteiger charge is -2.33. The van der Waals surface area contributed by atoms with Gasteiger partial charge in [-0.3, -0.25) is 45.6 Å². The zero-order valence-electron chi connectivity index (χ0n) is 61.9. The number of hydrogen-bond acceptors (Lipinski definition) is 17. The van der Waals surface area contributed by atoms with E-state index in [4.69, 9.17) is 86.7 Å². The number of nitrogen functional groups attached to an aromatic ring is 4. The van der Waals surface area contributed by atoms with Gasteiger partial charge < -0.3 is 88.5 Å². The van der Waals surface area contributed by atoms with Crippen LogP contribution in [0.25, 0.3) is 10.8 Å². The summed E-state index contributed by atoms with van der Waals surface area (Å²) in [5.41, 5.74) is 27.7. The van der Waals surface area contributed by atoms with Gasteiger partial charge >= 0.3 is 0 Å². The lowest BCUT2D eigenvalue weighted by atomic mass is 10.1. The molecule has 28 heteroatoms. The molecule has 0 bridgehead atoms. The van der Waals surface area contributed by atoms with Crippen LogP contribution in [0.5, 0.6) is 23.0 Å². The van der Waals surface area contributed by atoms with Crippen LogP contribution in [0.15, 0.2) is 218 Å². The predicted octanol–water partition coefficient (Wildman–Crippen LogP) is 8.38. The van der Waals surface area contributed by atoms with Crippen LogP contribution in [0.3, 0.4) is 0 Å². The molecule has 0 aromatic heterocycles. The molecule has 0 saturated carbocycles. The summed E-state index contributed by atoms with van der Waals surface area (Å²) in [6.45, 7) is 6.44. The van der Waals surface area contributed by atoms with Gasteiger partial charge in [-0.15, -0.1) is 0 Å². The topological polar surface area (TPSA) is 404 Å². The van der Waals surface area contributed by atoms with Crippen molar-refractivity contribution in [2.45, 2.75) is 87.4 Å². The number of fused-ring (bicyclic) bond motifs is 1. The quantitative estimate of drug-likeness (QED) is 0.0224. The molecule has 112 heavy (non-hydrogen) atoms. The van der Waals surface area contributed by atoms with Gasteiger partial charge in [0.05, 0.1) is 24.7 Å². The zero-order valence-corrected chi connectivity index (χ0v) is 63.4. The molecule has 5 aliphatic rings. The van der Waals surface area contributed by atoms with Gasteiger partial charge in [-0.05, 0) is 132 Å². The fourth-order valence-electron chi connectivity index (χ4n) is 13.4. The molecule has 14 rings (SSSR count). The first kappa shape index (κ1) is 81.1. The van der Waals surface area contributed by atoms with E-state index in [-0.39, 0.29) is 95.9 Å². The number of nitrogens with zero attached hydrogens (tertiary/aromatic N) is 3. The highest BCUT2D eigenvalue weighted by Gasteiger charge is 2.42. The number of benzene rings is 9. The van der Waals surface area contributed by atoms with Crippen molar-refractivity contribution in [3.63, 3.8) is 0 Å². The van der Waals surface area contributed by atoms with Gasteiger partial charge in [0.25, 0.3) is 5.91 Å². The van der Waals surface area contributed by atoms with E-state index in [1.165, 1.54) is 10.8 Å². The third-order valence-corrected chi connectivity index (χ3v) is 19.9. The average molecular weight is 1560 g/mol. The van der Waals surface area contributed by atoms with Crippen LogP contribution in [0.1, 0.15) is 69.4 Å². The van der Waals surface area contributed by atoms with Gasteiger partial charge in [0, 0.05) is 128 Å². The molecule has 8 atom stereocenters. The SMILES string of the molecule is CN1CCN(C(=O)[C@@H]2C[C@@H](Oc3cccc(C(=N)N)c3)CN2)CC1.N=C(N)c1cccc(O[C@@H]2C[C@@H](C(=O)Nc3ccc(Cl)cc3)N(C(=O)c3ccccc3)C2)c1.N=C(N)c1cccc(O[C@H]2CN[C@H](C(=O)NCc3ccc4ccccc4c3)C2)c1.N=C(N)c1cccc(O[C@H]2CN[C@H](C(=O)NCc3cccc(Cl)c3)C2)c1. The van der Waals surface area contributed by atoms with Crippen LogP contribution < -0.4 is 73.8 Å². The molecule has 18 N–H and O–H groups in total. The van der Waals surface area contributed by atoms with Crippen molar-refractivity contribution in [2.24, 2.45) is 22.9 Å². The standard InChI is InChI=1S/C25H23ClN4O3.C23H24N4O2.C19H21ClN4O2.C17H25N5O2/c26-18-9-11-19(12-10-18)29-24(31)22-14-21(33-20-8-4-7-17(13-20)23(27)28)15-30(22)25(32)16-5-2-1-3-6-16;24-22(25)18-6-3-7-19(11-18)29-20-12-21(26-14-20)23(28)27-13-15-8-9-16-4-1-2-5-17(16)10-15;20-14-5-1-3-12(7-14)10-24-19(25)17-9-16(11-23-17)26-15-6-2-4-13(8-15)18(21)22;1-21-5-7-22(8-6-21)17(23)15-10-14(11-20-15)24-13-4-2-3-12(9-13)16(18)19/h1-13,21-22H,14-15H2,(H3,27,28)(H,29,31);1-11,20-21,26H,12-14H2,(H3,24,25)(H,27,28);1-8,16-17,23H,9-11H2,(H3,21,22)(H,24,25);2-4,9,14-15,20H,5-8,10-11H2,1H3,(H3,18,19)/t21-,22+;20-,21+;16-,17+;14-,15+/m1111/s1. The Morgan fingerprint density at radius 3 is 1.34 bits per heavy atom. The highest BCUT2D eigenvalue weighted by atomic mass is 35.5. The molecular weight excluding hydrogens is 1460 g/mol. The van der Waals surface area contributed by atoms with Gasteiger partial charge in [0.1, 0.15) is 76.8 Å². The van der Waals surface area contributed by atoms with E-state index in [2.05, 4.69) is 68.1 Å². The molecule has 5 amide bonds. The van der Waals surface area contributed by atoms with Crippen molar-refractivity contribution in [2.75, 3.05) is 64.7 Å². The van der Waals surface area contributed by atoms with E-state index >= 15 is 0 Å². The number of amidine groups is 4. The lowest BCUT2D eigenvalue weighted by Crippen LogP contribution is -2.52. The van der Waals surface area contributed by atoms with Crippen LogP contribution in [0.4, 0.5) is 5.69 Å². The number of likely N-dealkylation sites (tertiary alicyclic amines) is 1. The number of amides is 5. The second kappa shape index (κ2) is 39.1. The van der Waals surface area contributed by atoms with Gasteiger partial charge in [-0.25, -0.2) is 0 Å². The predicted molar refractivity (Wildman–Crippen MR) is 436 cm³/mol. The zero-order chi connectivity index (χ0) is 79.2. The number of rotatable bonds is 22. The normalized spacial score (nSPS) is 19.7. The highest BCUT2D eigenvalue weighted by molar-refractivity contribution is 6.31. The molecule has 5 aliphatic heterocycles. The summed E-state index contributed by atoms with van der Waals surface area (Å²) in [7, 11) is 2.08. The third-order valence-electron chi connectivity index (χ3n) is 19.4.